The molecule has 3 nitrogen and oxygen atoms in total. The lowest BCUT2D eigenvalue weighted by Gasteiger charge is -2.04. The molecular weight excluding hydrogens is 446 g/mol. The summed E-state index contributed by atoms with van der Waals surface area (Å²) in [6.07, 6.45) is 33.9. The molecule has 0 unspecified atom stereocenters. The van der Waals surface area contributed by atoms with E-state index in [0.717, 1.165) is 23.5 Å². The number of hydroxylamine groups is 1. The molecule has 0 bridgehead atoms. The lowest BCUT2D eigenvalue weighted by atomic mass is 10.0. The molecule has 0 aliphatic rings. The summed E-state index contributed by atoms with van der Waals surface area (Å²) in [4.78, 5) is 10.9. The third kappa shape index (κ3) is 29.8. The van der Waals surface area contributed by atoms with Crippen LogP contribution in [0.2, 0.25) is 0 Å². The molecule has 0 aliphatic carbocycles. The Bertz CT molecular complexity index is 432. The summed E-state index contributed by atoms with van der Waals surface area (Å²) in [5, 5.41) is 8.43. The van der Waals surface area contributed by atoms with Crippen molar-refractivity contribution in [2.45, 2.75) is 167 Å². The minimum Gasteiger partial charge on any atom is -0.289 e. The van der Waals surface area contributed by atoms with E-state index in [1.807, 2.05) is 0 Å². The first-order chi connectivity index (χ1) is 16.2. The fourth-order valence-corrected chi connectivity index (χ4v) is 4.81. The van der Waals surface area contributed by atoms with Gasteiger partial charge in [0.2, 0.25) is 5.91 Å². The van der Waals surface area contributed by atoms with Crippen LogP contribution in [0.1, 0.15) is 167 Å². The molecule has 0 atom stereocenters. The van der Waals surface area contributed by atoms with E-state index in [2.05, 4.69) is 12.6 Å². The van der Waals surface area contributed by atoms with Crippen molar-refractivity contribution in [1.29, 1.82) is 0 Å². The summed E-state index contributed by atoms with van der Waals surface area (Å²) in [6, 6.07) is 0. The van der Waals surface area contributed by atoms with Gasteiger partial charge in [-0.05, 0) is 19.3 Å². The Hall–Kier alpha value is -0.130. The molecule has 0 aromatic rings. The molecule has 5 heteroatoms. The molecule has 0 aromatic heterocycles. The van der Waals surface area contributed by atoms with Gasteiger partial charge in [-0.2, -0.15) is 0 Å². The van der Waals surface area contributed by atoms with Gasteiger partial charge in [-0.15, -0.1) is 12.6 Å². The molecule has 0 rings (SSSR count). The maximum atomic E-state index is 10.9. The molecule has 0 spiro atoms. The van der Waals surface area contributed by atoms with E-state index in [1.165, 1.54) is 141 Å². The summed E-state index contributed by atoms with van der Waals surface area (Å²) in [5.41, 5.74) is 1.69. The number of carbonyl (C=O) groups is 1. The van der Waals surface area contributed by atoms with Crippen molar-refractivity contribution in [3.8, 4) is 0 Å². The molecule has 0 aliphatic heterocycles. The topological polar surface area (TPSA) is 49.3 Å². The van der Waals surface area contributed by atoms with Gasteiger partial charge in [-0.3, -0.25) is 10.0 Å². The number of unbranched alkanes of at least 4 members (excludes halogenated alkanes) is 23. The third-order valence-electron chi connectivity index (χ3n) is 6.67. The SMILES string of the molecule is O=C(CCCCCCCCCCCCCCCCCCCCCCCCCCC(=S)S)NO. The molecule has 0 aromatic carbocycles. The van der Waals surface area contributed by atoms with Crippen molar-refractivity contribution in [2.75, 3.05) is 0 Å². The van der Waals surface area contributed by atoms with Crippen LogP contribution in [-0.2, 0) is 4.79 Å². The van der Waals surface area contributed by atoms with E-state index in [0.29, 0.717) is 6.42 Å². The monoisotopic (exact) mass is 501 g/mol. The molecular formula is C28H55NO2S2. The van der Waals surface area contributed by atoms with Crippen LogP contribution in [0.4, 0.5) is 0 Å². The number of nitrogens with one attached hydrogen (secondary N) is 1. The molecule has 196 valence electrons. The summed E-state index contributed by atoms with van der Waals surface area (Å²) in [5.74, 6) is -0.259. The summed E-state index contributed by atoms with van der Waals surface area (Å²) in [6.45, 7) is 0. The minimum absolute atomic E-state index is 0.259. The van der Waals surface area contributed by atoms with E-state index in [4.69, 9.17) is 17.4 Å². The molecule has 33 heavy (non-hydrogen) atoms. The second-order valence-electron chi connectivity index (χ2n) is 9.91. The van der Waals surface area contributed by atoms with Crippen LogP contribution in [0.25, 0.3) is 0 Å². The number of hydrogen-bond donors (Lipinski definition) is 3. The first-order valence-corrected chi connectivity index (χ1v) is 15.2. The predicted octanol–water partition coefficient (Wildman–Crippen LogP) is 9.89. The first-order valence-electron chi connectivity index (χ1n) is 14.3. The second kappa shape index (κ2) is 28.1. The zero-order chi connectivity index (χ0) is 24.2. The van der Waals surface area contributed by atoms with Crippen molar-refractivity contribution in [1.82, 2.24) is 5.48 Å². The van der Waals surface area contributed by atoms with Gasteiger partial charge in [0.25, 0.3) is 0 Å². The maximum absolute atomic E-state index is 10.9. The summed E-state index contributed by atoms with van der Waals surface area (Å²) >= 11 is 9.17. The molecule has 0 fully saturated rings. The van der Waals surface area contributed by atoms with E-state index >= 15 is 0 Å². The molecule has 0 heterocycles. The number of carbonyl (C=O) groups excluding carboxylic acids is 1. The van der Waals surface area contributed by atoms with Gasteiger partial charge >= 0.3 is 0 Å². The van der Waals surface area contributed by atoms with Crippen molar-refractivity contribution in [3.05, 3.63) is 0 Å². The maximum Gasteiger partial charge on any atom is 0.243 e. The number of thiocarbonyl (C=S) groups is 1. The number of rotatable bonds is 27. The van der Waals surface area contributed by atoms with Crippen LogP contribution in [0, 0.1) is 0 Å². The minimum atomic E-state index is -0.259. The molecule has 1 amide bonds. The Morgan fingerprint density at radius 1 is 0.485 bits per heavy atom. The Morgan fingerprint density at radius 2 is 0.697 bits per heavy atom. The van der Waals surface area contributed by atoms with Crippen LogP contribution < -0.4 is 5.48 Å². The van der Waals surface area contributed by atoms with Gasteiger partial charge in [0.15, 0.2) is 0 Å². The van der Waals surface area contributed by atoms with Gasteiger partial charge in [0.1, 0.15) is 0 Å². The summed E-state index contributed by atoms with van der Waals surface area (Å²) < 4.78 is 0.867. The van der Waals surface area contributed by atoms with Gasteiger partial charge in [-0.1, -0.05) is 153 Å². The predicted molar refractivity (Wildman–Crippen MR) is 152 cm³/mol. The third-order valence-corrected chi connectivity index (χ3v) is 7.10. The van der Waals surface area contributed by atoms with E-state index in [9.17, 15) is 4.79 Å². The van der Waals surface area contributed by atoms with E-state index in [-0.39, 0.29) is 5.91 Å². The highest BCUT2D eigenvalue weighted by atomic mass is 32.1. The molecule has 0 saturated heterocycles. The average Bonchev–Trinajstić information content (AvgIpc) is 2.80. The lowest BCUT2D eigenvalue weighted by Crippen LogP contribution is -2.17. The Labute approximate surface area is 217 Å². The van der Waals surface area contributed by atoms with Crippen molar-refractivity contribution in [2.24, 2.45) is 0 Å². The van der Waals surface area contributed by atoms with Crippen LogP contribution in [0.5, 0.6) is 0 Å². The normalized spacial score (nSPS) is 11.1. The van der Waals surface area contributed by atoms with Crippen LogP contribution in [0.15, 0.2) is 0 Å². The highest BCUT2D eigenvalue weighted by Crippen LogP contribution is 2.16. The van der Waals surface area contributed by atoms with Crippen LogP contribution in [-0.4, -0.2) is 15.3 Å². The zero-order valence-corrected chi connectivity index (χ0v) is 23.3. The van der Waals surface area contributed by atoms with Crippen LogP contribution >= 0.6 is 24.8 Å². The molecule has 0 radical (unpaired) electrons. The first kappa shape index (κ1) is 32.9. The Morgan fingerprint density at radius 3 is 0.909 bits per heavy atom. The van der Waals surface area contributed by atoms with Crippen molar-refractivity contribution < 1.29 is 10.0 Å². The zero-order valence-electron chi connectivity index (χ0n) is 21.6. The van der Waals surface area contributed by atoms with Crippen molar-refractivity contribution >= 4 is 35.0 Å². The highest BCUT2D eigenvalue weighted by molar-refractivity contribution is 8.11. The van der Waals surface area contributed by atoms with Crippen molar-refractivity contribution in [3.63, 3.8) is 0 Å². The second-order valence-corrected chi connectivity index (χ2v) is 11.2. The Balaban J connectivity index is 3.04. The van der Waals surface area contributed by atoms with Gasteiger partial charge < -0.3 is 0 Å². The van der Waals surface area contributed by atoms with Crippen LogP contribution in [0.3, 0.4) is 0 Å². The van der Waals surface area contributed by atoms with Gasteiger partial charge in [0, 0.05) is 10.6 Å². The summed E-state index contributed by atoms with van der Waals surface area (Å²) in [7, 11) is 0. The quantitative estimate of drug-likeness (QED) is 0.0345. The van der Waals surface area contributed by atoms with E-state index in [1.54, 1.807) is 5.48 Å². The van der Waals surface area contributed by atoms with E-state index < -0.39 is 0 Å². The standard InChI is InChI=1S/C28H55NO2S2/c30-27(29-31)25-23-21-19-17-15-13-11-9-7-5-3-1-2-4-6-8-10-12-14-16-18-20-22-24-26-28(32)33/h31H,1-26H2,(H,29,30)(H,32,33). The molecule has 2 N–H and O–H groups in total. The fraction of sp³-hybridized carbons (Fsp3) is 0.929. The number of hydrogen-bond acceptors (Lipinski definition) is 3. The largest absolute Gasteiger partial charge is 0.289 e. The average molecular weight is 502 g/mol. The smallest absolute Gasteiger partial charge is 0.243 e. The van der Waals surface area contributed by atoms with Gasteiger partial charge in [0.05, 0.1) is 0 Å². The lowest BCUT2D eigenvalue weighted by molar-refractivity contribution is -0.129. The van der Waals surface area contributed by atoms with Gasteiger partial charge in [-0.25, -0.2) is 5.48 Å². The fourth-order valence-electron chi connectivity index (χ4n) is 4.51. The molecule has 0 saturated carbocycles. The number of amides is 1. The Kier molecular flexibility index (Phi) is 28.0. The highest BCUT2D eigenvalue weighted by Gasteiger charge is 1.99. The number of thiol groups is 1.